The van der Waals surface area contributed by atoms with Crippen LogP contribution < -0.4 is 0 Å². The predicted octanol–water partition coefficient (Wildman–Crippen LogP) is 4.47. The van der Waals surface area contributed by atoms with Crippen LogP contribution in [0.2, 0.25) is 18.1 Å². The van der Waals surface area contributed by atoms with Crippen molar-refractivity contribution in [1.82, 2.24) is 0 Å². The molecule has 2 rings (SSSR count). The number of benzene rings is 2. The van der Waals surface area contributed by atoms with Gasteiger partial charge in [-0.05, 0) is 29.1 Å². The SMILES string of the molecule is CC(C)(C)[Si](C)(C)OCC(O)Cc1ccc2ccccc2c1O. The zero-order valence-electron chi connectivity index (χ0n) is 14.8. The summed E-state index contributed by atoms with van der Waals surface area (Å²) in [4.78, 5) is 0. The molecule has 2 aromatic carbocycles. The summed E-state index contributed by atoms with van der Waals surface area (Å²) >= 11 is 0. The molecule has 0 aliphatic heterocycles. The summed E-state index contributed by atoms with van der Waals surface area (Å²) < 4.78 is 6.06. The van der Waals surface area contributed by atoms with Crippen molar-refractivity contribution < 1.29 is 14.6 Å². The summed E-state index contributed by atoms with van der Waals surface area (Å²) in [7, 11) is -1.86. The van der Waals surface area contributed by atoms with Gasteiger partial charge in [0, 0.05) is 11.8 Å². The number of hydrogen-bond donors (Lipinski definition) is 2. The summed E-state index contributed by atoms with van der Waals surface area (Å²) in [6.07, 6.45) is -0.221. The van der Waals surface area contributed by atoms with Crippen LogP contribution in [-0.4, -0.2) is 31.2 Å². The number of phenolic OH excluding ortho intramolecular Hbond substituents is 1. The molecule has 0 radical (unpaired) electrons. The van der Waals surface area contributed by atoms with Gasteiger partial charge < -0.3 is 14.6 Å². The standard InChI is InChI=1S/C19H28O3Si/c1-19(2,3)23(4,5)22-13-16(20)12-15-11-10-14-8-6-7-9-17(14)18(15)21/h6-11,16,20-21H,12-13H2,1-5H3. The third kappa shape index (κ3) is 4.13. The fourth-order valence-electron chi connectivity index (χ4n) is 2.30. The minimum atomic E-state index is -1.86. The van der Waals surface area contributed by atoms with Gasteiger partial charge in [0.15, 0.2) is 8.32 Å². The lowest BCUT2D eigenvalue weighted by Crippen LogP contribution is -2.42. The fraction of sp³-hybridized carbons (Fsp3) is 0.474. The maximum Gasteiger partial charge on any atom is 0.192 e. The summed E-state index contributed by atoms with van der Waals surface area (Å²) in [6, 6.07) is 11.6. The Bertz CT molecular complexity index is 674. The first-order chi connectivity index (χ1) is 10.6. The molecular formula is C19H28O3Si. The van der Waals surface area contributed by atoms with E-state index in [0.717, 1.165) is 16.3 Å². The Morgan fingerprint density at radius 1 is 1.09 bits per heavy atom. The quantitative estimate of drug-likeness (QED) is 0.794. The van der Waals surface area contributed by atoms with E-state index in [1.54, 1.807) is 0 Å². The topological polar surface area (TPSA) is 49.7 Å². The highest BCUT2D eigenvalue weighted by Crippen LogP contribution is 2.36. The molecule has 0 amide bonds. The molecule has 2 aromatic rings. The van der Waals surface area contributed by atoms with Gasteiger partial charge in [0.2, 0.25) is 0 Å². The monoisotopic (exact) mass is 332 g/mol. The second-order valence-electron chi connectivity index (χ2n) is 7.72. The van der Waals surface area contributed by atoms with Gasteiger partial charge in [-0.2, -0.15) is 0 Å². The van der Waals surface area contributed by atoms with E-state index in [9.17, 15) is 10.2 Å². The number of phenols is 1. The first-order valence-electron chi connectivity index (χ1n) is 8.13. The van der Waals surface area contributed by atoms with Crippen molar-refractivity contribution in [1.29, 1.82) is 0 Å². The second kappa shape index (κ2) is 6.63. The van der Waals surface area contributed by atoms with Gasteiger partial charge in [-0.3, -0.25) is 0 Å². The second-order valence-corrected chi connectivity index (χ2v) is 12.5. The molecule has 0 fully saturated rings. The van der Waals surface area contributed by atoms with Crippen LogP contribution >= 0.6 is 0 Å². The Labute approximate surface area is 140 Å². The van der Waals surface area contributed by atoms with Gasteiger partial charge in [-0.15, -0.1) is 0 Å². The van der Waals surface area contributed by atoms with E-state index >= 15 is 0 Å². The number of aromatic hydroxyl groups is 1. The number of hydrogen-bond acceptors (Lipinski definition) is 3. The van der Waals surface area contributed by atoms with Gasteiger partial charge in [0.1, 0.15) is 5.75 Å². The van der Waals surface area contributed by atoms with Gasteiger partial charge in [0.25, 0.3) is 0 Å². The molecule has 1 unspecified atom stereocenters. The van der Waals surface area contributed by atoms with Crippen molar-refractivity contribution >= 4 is 19.1 Å². The molecule has 1 atom stereocenters. The Morgan fingerprint density at radius 2 is 1.74 bits per heavy atom. The third-order valence-electron chi connectivity index (χ3n) is 4.88. The van der Waals surface area contributed by atoms with Crippen LogP contribution in [0.25, 0.3) is 10.8 Å². The lowest BCUT2D eigenvalue weighted by molar-refractivity contribution is 0.0996. The molecule has 23 heavy (non-hydrogen) atoms. The fourth-order valence-corrected chi connectivity index (χ4v) is 3.34. The van der Waals surface area contributed by atoms with E-state index in [1.165, 1.54) is 0 Å². The van der Waals surface area contributed by atoms with Gasteiger partial charge in [-0.1, -0.05) is 57.2 Å². The highest BCUT2D eigenvalue weighted by atomic mass is 28.4. The van der Waals surface area contributed by atoms with Crippen LogP contribution in [0.4, 0.5) is 0 Å². The smallest absolute Gasteiger partial charge is 0.192 e. The third-order valence-corrected chi connectivity index (χ3v) is 9.38. The Hall–Kier alpha value is -1.36. The van der Waals surface area contributed by atoms with Crippen LogP contribution in [0.1, 0.15) is 26.3 Å². The first kappa shape index (κ1) is 18.0. The van der Waals surface area contributed by atoms with Gasteiger partial charge >= 0.3 is 0 Å². The predicted molar refractivity (Wildman–Crippen MR) is 98.5 cm³/mol. The van der Waals surface area contributed by atoms with Crippen molar-refractivity contribution in [3.63, 3.8) is 0 Å². The molecule has 126 valence electrons. The number of aliphatic hydroxyl groups is 1. The largest absolute Gasteiger partial charge is 0.507 e. The number of rotatable bonds is 5. The van der Waals surface area contributed by atoms with Gasteiger partial charge in [-0.25, -0.2) is 0 Å². The first-order valence-corrected chi connectivity index (χ1v) is 11.0. The maximum absolute atomic E-state index is 10.4. The van der Waals surface area contributed by atoms with Crippen molar-refractivity contribution in [2.24, 2.45) is 0 Å². The molecule has 0 saturated heterocycles. The van der Waals surface area contributed by atoms with Crippen molar-refractivity contribution in [3.05, 3.63) is 42.0 Å². The van der Waals surface area contributed by atoms with E-state index in [0.29, 0.717) is 13.0 Å². The molecule has 0 spiro atoms. The molecule has 0 saturated carbocycles. The highest BCUT2D eigenvalue weighted by molar-refractivity contribution is 6.74. The minimum Gasteiger partial charge on any atom is -0.507 e. The van der Waals surface area contributed by atoms with E-state index in [1.807, 2.05) is 36.4 Å². The Kier molecular flexibility index (Phi) is 5.19. The Balaban J connectivity index is 2.06. The van der Waals surface area contributed by atoms with Crippen molar-refractivity contribution in [2.45, 2.75) is 51.4 Å². The van der Waals surface area contributed by atoms with E-state index in [-0.39, 0.29) is 10.8 Å². The highest BCUT2D eigenvalue weighted by Gasteiger charge is 2.37. The van der Waals surface area contributed by atoms with Crippen LogP contribution in [-0.2, 0) is 10.8 Å². The van der Waals surface area contributed by atoms with Crippen LogP contribution in [0, 0.1) is 0 Å². The maximum atomic E-state index is 10.4. The molecule has 0 aliphatic carbocycles. The average molecular weight is 333 g/mol. The van der Waals surface area contributed by atoms with E-state index in [4.69, 9.17) is 4.43 Å². The van der Waals surface area contributed by atoms with Crippen LogP contribution in [0.5, 0.6) is 5.75 Å². The molecule has 0 aliphatic rings. The molecule has 2 N–H and O–H groups in total. The lowest BCUT2D eigenvalue weighted by Gasteiger charge is -2.36. The number of aliphatic hydroxyl groups excluding tert-OH is 1. The minimum absolute atomic E-state index is 0.123. The van der Waals surface area contributed by atoms with Crippen LogP contribution in [0.15, 0.2) is 36.4 Å². The zero-order valence-corrected chi connectivity index (χ0v) is 15.8. The Morgan fingerprint density at radius 3 is 2.39 bits per heavy atom. The molecule has 0 heterocycles. The molecular weight excluding hydrogens is 304 g/mol. The normalized spacial score (nSPS) is 14.2. The summed E-state index contributed by atoms with van der Waals surface area (Å²) in [5.41, 5.74) is 0.759. The van der Waals surface area contributed by atoms with Crippen LogP contribution in [0.3, 0.4) is 0 Å². The van der Waals surface area contributed by atoms with E-state index < -0.39 is 14.4 Å². The van der Waals surface area contributed by atoms with Crippen molar-refractivity contribution in [2.75, 3.05) is 6.61 Å². The molecule has 0 aromatic heterocycles. The van der Waals surface area contributed by atoms with E-state index in [2.05, 4.69) is 33.9 Å². The molecule has 0 bridgehead atoms. The van der Waals surface area contributed by atoms with Gasteiger partial charge in [0.05, 0.1) is 12.7 Å². The zero-order chi connectivity index (χ0) is 17.3. The summed E-state index contributed by atoms with van der Waals surface area (Å²) in [6.45, 7) is 11.2. The lowest BCUT2D eigenvalue weighted by atomic mass is 10.0. The average Bonchev–Trinajstić information content (AvgIpc) is 2.47. The molecule has 4 heteroatoms. The summed E-state index contributed by atoms with van der Waals surface area (Å²) in [5.74, 6) is 0.259. The molecule has 3 nitrogen and oxygen atoms in total. The number of fused-ring (bicyclic) bond motifs is 1. The summed E-state index contributed by atoms with van der Waals surface area (Å²) in [5, 5.41) is 22.7. The van der Waals surface area contributed by atoms with Crippen molar-refractivity contribution in [3.8, 4) is 5.75 Å².